The highest BCUT2D eigenvalue weighted by Crippen LogP contribution is 1.96. The number of rotatable bonds is 1. The Labute approximate surface area is 60.1 Å². The smallest absolute Gasteiger partial charge is 0.0540 e. The molecular formula is C8H8N2. The van der Waals surface area contributed by atoms with Crippen molar-refractivity contribution < 1.29 is 0 Å². The average molecular weight is 132 g/mol. The van der Waals surface area contributed by atoms with Crippen molar-refractivity contribution in [2.75, 3.05) is 0 Å². The lowest BCUT2D eigenvalue weighted by molar-refractivity contribution is 0.989. The number of nitrogens with zero attached hydrogens (tertiary/aromatic N) is 1. The Morgan fingerprint density at radius 1 is 1.60 bits per heavy atom. The standard InChI is InChI=1S/C8H8N2/c1-2-7-3-4-8(5-9)10-6-7/h1,3-4,6H,5,9H2. The minimum absolute atomic E-state index is 0.463. The molecule has 0 spiro atoms. The lowest BCUT2D eigenvalue weighted by Crippen LogP contribution is -1.98. The van der Waals surface area contributed by atoms with Crippen LogP contribution in [-0.2, 0) is 6.54 Å². The molecule has 0 radical (unpaired) electrons. The largest absolute Gasteiger partial charge is 0.325 e. The molecule has 1 aromatic heterocycles. The van der Waals surface area contributed by atoms with Gasteiger partial charge in [0.05, 0.1) is 5.69 Å². The van der Waals surface area contributed by atoms with Crippen LogP contribution in [-0.4, -0.2) is 4.98 Å². The van der Waals surface area contributed by atoms with E-state index < -0.39 is 0 Å². The Morgan fingerprint density at radius 2 is 2.40 bits per heavy atom. The number of terminal acetylenes is 1. The zero-order chi connectivity index (χ0) is 7.40. The maximum atomic E-state index is 5.33. The monoisotopic (exact) mass is 132 g/mol. The molecule has 0 aliphatic carbocycles. The molecule has 0 bridgehead atoms. The summed E-state index contributed by atoms with van der Waals surface area (Å²) in [7, 11) is 0. The third-order valence-corrected chi connectivity index (χ3v) is 1.20. The molecule has 50 valence electrons. The van der Waals surface area contributed by atoms with Crippen molar-refractivity contribution in [3.05, 3.63) is 29.6 Å². The molecule has 0 aromatic carbocycles. The van der Waals surface area contributed by atoms with Gasteiger partial charge in [-0.25, -0.2) is 0 Å². The minimum Gasteiger partial charge on any atom is -0.325 e. The van der Waals surface area contributed by atoms with Gasteiger partial charge in [0.15, 0.2) is 0 Å². The third kappa shape index (κ3) is 1.34. The first kappa shape index (κ1) is 6.79. The highest BCUT2D eigenvalue weighted by atomic mass is 14.7. The van der Waals surface area contributed by atoms with Crippen molar-refractivity contribution in [2.45, 2.75) is 6.54 Å². The molecular weight excluding hydrogens is 124 g/mol. The normalized spacial score (nSPS) is 8.80. The summed E-state index contributed by atoms with van der Waals surface area (Å²) in [5.74, 6) is 2.47. The average Bonchev–Trinajstić information content (AvgIpc) is 2.05. The predicted octanol–water partition coefficient (Wildman–Crippen LogP) is 0.522. The van der Waals surface area contributed by atoms with Crippen LogP contribution in [0.15, 0.2) is 18.3 Å². The van der Waals surface area contributed by atoms with Gasteiger partial charge in [-0.2, -0.15) is 0 Å². The first-order valence-corrected chi connectivity index (χ1v) is 2.98. The van der Waals surface area contributed by atoms with E-state index in [-0.39, 0.29) is 0 Å². The van der Waals surface area contributed by atoms with Gasteiger partial charge >= 0.3 is 0 Å². The first-order chi connectivity index (χ1) is 4.86. The van der Waals surface area contributed by atoms with E-state index in [1.165, 1.54) is 0 Å². The van der Waals surface area contributed by atoms with E-state index >= 15 is 0 Å². The first-order valence-electron chi connectivity index (χ1n) is 2.98. The maximum absolute atomic E-state index is 5.33. The number of hydrogen-bond acceptors (Lipinski definition) is 2. The van der Waals surface area contributed by atoms with Gasteiger partial charge in [0, 0.05) is 18.3 Å². The molecule has 0 amide bonds. The van der Waals surface area contributed by atoms with Gasteiger partial charge in [0.25, 0.3) is 0 Å². The quantitative estimate of drug-likeness (QED) is 0.566. The second-order valence-electron chi connectivity index (χ2n) is 1.89. The number of hydrogen-bond donors (Lipinski definition) is 1. The van der Waals surface area contributed by atoms with Gasteiger partial charge in [0.2, 0.25) is 0 Å². The number of nitrogens with two attached hydrogens (primary N) is 1. The Bertz CT molecular complexity index is 243. The second-order valence-corrected chi connectivity index (χ2v) is 1.89. The van der Waals surface area contributed by atoms with Crippen molar-refractivity contribution in [2.24, 2.45) is 5.73 Å². The van der Waals surface area contributed by atoms with Crippen LogP contribution in [0.1, 0.15) is 11.3 Å². The molecule has 10 heavy (non-hydrogen) atoms. The van der Waals surface area contributed by atoms with Crippen LogP contribution in [0.3, 0.4) is 0 Å². The van der Waals surface area contributed by atoms with E-state index in [1.54, 1.807) is 6.20 Å². The predicted molar refractivity (Wildman–Crippen MR) is 40.1 cm³/mol. The van der Waals surface area contributed by atoms with E-state index in [9.17, 15) is 0 Å². The summed E-state index contributed by atoms with van der Waals surface area (Å²) >= 11 is 0. The molecule has 1 aromatic rings. The Morgan fingerprint density at radius 3 is 2.80 bits per heavy atom. The Balaban J connectivity index is 2.93. The van der Waals surface area contributed by atoms with Crippen molar-refractivity contribution in [1.29, 1.82) is 0 Å². The second kappa shape index (κ2) is 3.00. The summed E-state index contributed by atoms with van der Waals surface area (Å²) in [6.07, 6.45) is 6.76. The van der Waals surface area contributed by atoms with Crippen LogP contribution in [0, 0.1) is 12.3 Å². The van der Waals surface area contributed by atoms with Crippen molar-refractivity contribution >= 4 is 0 Å². The summed E-state index contributed by atoms with van der Waals surface area (Å²) in [5, 5.41) is 0. The van der Waals surface area contributed by atoms with Crippen LogP contribution >= 0.6 is 0 Å². The molecule has 1 heterocycles. The summed E-state index contributed by atoms with van der Waals surface area (Å²) in [4.78, 5) is 4.00. The summed E-state index contributed by atoms with van der Waals surface area (Å²) in [6.45, 7) is 0.463. The fraction of sp³-hybridized carbons (Fsp3) is 0.125. The molecule has 2 nitrogen and oxygen atoms in total. The summed E-state index contributed by atoms with van der Waals surface area (Å²) < 4.78 is 0. The van der Waals surface area contributed by atoms with Crippen LogP contribution < -0.4 is 5.73 Å². The molecule has 0 fully saturated rings. The number of pyridine rings is 1. The molecule has 1 rings (SSSR count). The minimum atomic E-state index is 0.463. The van der Waals surface area contributed by atoms with E-state index in [0.29, 0.717) is 6.54 Å². The van der Waals surface area contributed by atoms with E-state index in [1.807, 2.05) is 12.1 Å². The fourth-order valence-electron chi connectivity index (χ4n) is 0.631. The van der Waals surface area contributed by atoms with E-state index in [0.717, 1.165) is 11.3 Å². The summed E-state index contributed by atoms with van der Waals surface area (Å²) in [6, 6.07) is 3.66. The highest BCUT2D eigenvalue weighted by molar-refractivity contribution is 5.29. The van der Waals surface area contributed by atoms with E-state index in [2.05, 4.69) is 10.9 Å². The van der Waals surface area contributed by atoms with Crippen molar-refractivity contribution in [1.82, 2.24) is 4.98 Å². The van der Waals surface area contributed by atoms with Crippen LogP contribution in [0.5, 0.6) is 0 Å². The van der Waals surface area contributed by atoms with Crippen molar-refractivity contribution in [3.8, 4) is 12.3 Å². The molecule has 0 aliphatic heterocycles. The van der Waals surface area contributed by atoms with Gasteiger partial charge < -0.3 is 5.73 Å². The molecule has 0 atom stereocenters. The van der Waals surface area contributed by atoms with Gasteiger partial charge in [0.1, 0.15) is 0 Å². The van der Waals surface area contributed by atoms with Gasteiger partial charge in [-0.05, 0) is 12.1 Å². The van der Waals surface area contributed by atoms with E-state index in [4.69, 9.17) is 12.2 Å². The van der Waals surface area contributed by atoms with Crippen molar-refractivity contribution in [3.63, 3.8) is 0 Å². The lowest BCUT2D eigenvalue weighted by Gasteiger charge is -1.93. The Kier molecular flexibility index (Phi) is 2.03. The van der Waals surface area contributed by atoms with Gasteiger partial charge in [-0.15, -0.1) is 6.42 Å². The molecule has 0 unspecified atom stereocenters. The maximum Gasteiger partial charge on any atom is 0.0540 e. The molecule has 0 saturated carbocycles. The molecule has 0 aliphatic rings. The molecule has 0 saturated heterocycles. The molecule has 2 N–H and O–H groups in total. The van der Waals surface area contributed by atoms with Crippen LogP contribution in [0.4, 0.5) is 0 Å². The zero-order valence-corrected chi connectivity index (χ0v) is 5.54. The number of aromatic nitrogens is 1. The fourth-order valence-corrected chi connectivity index (χ4v) is 0.631. The highest BCUT2D eigenvalue weighted by Gasteiger charge is 1.88. The third-order valence-electron chi connectivity index (χ3n) is 1.20. The van der Waals surface area contributed by atoms with Gasteiger partial charge in [-0.3, -0.25) is 4.98 Å². The van der Waals surface area contributed by atoms with Gasteiger partial charge in [-0.1, -0.05) is 5.92 Å². The Hall–Kier alpha value is -1.33. The lowest BCUT2D eigenvalue weighted by atomic mass is 10.2. The zero-order valence-electron chi connectivity index (χ0n) is 5.54. The molecule has 2 heteroatoms. The summed E-state index contributed by atoms with van der Waals surface area (Å²) in [5.41, 5.74) is 6.98. The van der Waals surface area contributed by atoms with Crippen LogP contribution in [0.2, 0.25) is 0 Å². The topological polar surface area (TPSA) is 38.9 Å². The van der Waals surface area contributed by atoms with Crippen LogP contribution in [0.25, 0.3) is 0 Å². The SMILES string of the molecule is C#Cc1ccc(CN)nc1.